The third-order valence-electron chi connectivity index (χ3n) is 3.22. The van der Waals surface area contributed by atoms with Gasteiger partial charge >= 0.3 is 0 Å². The van der Waals surface area contributed by atoms with Crippen LogP contribution < -0.4 is 4.72 Å². The second kappa shape index (κ2) is 6.69. The predicted octanol–water partition coefficient (Wildman–Crippen LogP) is 2.37. The molecule has 0 saturated carbocycles. The predicted molar refractivity (Wildman–Crippen MR) is 81.9 cm³/mol. The molecule has 0 fully saturated rings. The first-order valence-corrected chi connectivity index (χ1v) is 8.08. The maximum Gasteiger partial charge on any atom is 0.273 e. The first-order chi connectivity index (χ1) is 10.1. The molecule has 1 N–H and O–H groups in total. The van der Waals surface area contributed by atoms with E-state index in [2.05, 4.69) is 0 Å². The Morgan fingerprint density at radius 1 is 1.36 bits per heavy atom. The lowest BCUT2D eigenvalue weighted by atomic mass is 10.1. The van der Waals surface area contributed by atoms with Crippen LogP contribution in [-0.2, 0) is 14.8 Å². The van der Waals surface area contributed by atoms with Crippen molar-refractivity contribution in [2.45, 2.75) is 39.0 Å². The van der Waals surface area contributed by atoms with Crippen molar-refractivity contribution in [2.75, 3.05) is 0 Å². The average Bonchev–Trinajstić information content (AvgIpc) is 2.40. The third kappa shape index (κ3) is 3.91. The molecule has 0 saturated heterocycles. The quantitative estimate of drug-likeness (QED) is 0.508. The number of carbonyl (C=O) groups is 1. The molecule has 120 valence electrons. The highest BCUT2D eigenvalue weighted by Crippen LogP contribution is 2.25. The molecule has 0 aliphatic rings. The molecule has 0 atom stereocenters. The minimum Gasteiger partial charge on any atom is -0.269 e. The first kappa shape index (κ1) is 17.8. The molecule has 1 aromatic rings. The van der Waals surface area contributed by atoms with Gasteiger partial charge in [0.05, 0.1) is 9.82 Å². The van der Waals surface area contributed by atoms with E-state index >= 15 is 0 Å². The van der Waals surface area contributed by atoms with Crippen molar-refractivity contribution in [3.8, 4) is 0 Å². The molecule has 7 nitrogen and oxygen atoms in total. The Bertz CT molecular complexity index is 751. The zero-order valence-electron chi connectivity index (χ0n) is 12.8. The number of hydrogen-bond acceptors (Lipinski definition) is 5. The molecule has 1 aromatic carbocycles. The molecule has 0 bridgehead atoms. The van der Waals surface area contributed by atoms with E-state index in [0.29, 0.717) is 17.5 Å². The summed E-state index contributed by atoms with van der Waals surface area (Å²) in [7, 11) is -4.16. The van der Waals surface area contributed by atoms with Crippen LogP contribution in [0.15, 0.2) is 28.7 Å². The summed E-state index contributed by atoms with van der Waals surface area (Å²) in [4.78, 5) is 21.8. The molecule has 0 aliphatic heterocycles. The summed E-state index contributed by atoms with van der Waals surface area (Å²) in [5, 5.41) is 11.0. The van der Waals surface area contributed by atoms with Gasteiger partial charge in [-0.15, -0.1) is 0 Å². The molecule has 0 unspecified atom stereocenters. The number of allylic oxidation sites excluding steroid dienone is 1. The summed E-state index contributed by atoms with van der Waals surface area (Å²) in [6.07, 6.45) is 2.18. The van der Waals surface area contributed by atoms with E-state index in [4.69, 9.17) is 0 Å². The van der Waals surface area contributed by atoms with E-state index in [1.807, 2.05) is 11.6 Å². The molecule has 8 heteroatoms. The highest BCUT2D eigenvalue weighted by molar-refractivity contribution is 7.90. The zero-order chi connectivity index (χ0) is 17.1. The molecule has 0 aliphatic carbocycles. The van der Waals surface area contributed by atoms with Crippen LogP contribution in [0.4, 0.5) is 5.69 Å². The van der Waals surface area contributed by atoms with Gasteiger partial charge in [-0.2, -0.15) is 0 Å². The number of nitrogens with one attached hydrogen (secondary N) is 1. The minimum absolute atomic E-state index is 0.268. The molecule has 22 heavy (non-hydrogen) atoms. The Kier molecular flexibility index (Phi) is 5.43. The Labute approximate surface area is 129 Å². The van der Waals surface area contributed by atoms with Crippen molar-refractivity contribution in [1.82, 2.24) is 4.72 Å². The fourth-order valence-corrected chi connectivity index (χ4v) is 2.94. The minimum atomic E-state index is -4.16. The summed E-state index contributed by atoms with van der Waals surface area (Å²) in [6.45, 7) is 6.43. The molecular weight excluding hydrogens is 308 g/mol. The van der Waals surface area contributed by atoms with Crippen LogP contribution >= 0.6 is 0 Å². The van der Waals surface area contributed by atoms with Gasteiger partial charge in [0.1, 0.15) is 0 Å². The van der Waals surface area contributed by atoms with Crippen molar-refractivity contribution in [2.24, 2.45) is 0 Å². The smallest absolute Gasteiger partial charge is 0.269 e. The topological polar surface area (TPSA) is 106 Å². The van der Waals surface area contributed by atoms with Crippen molar-refractivity contribution in [3.05, 3.63) is 45.0 Å². The van der Waals surface area contributed by atoms with Crippen molar-refractivity contribution in [3.63, 3.8) is 0 Å². The lowest BCUT2D eigenvalue weighted by Gasteiger charge is -2.09. The summed E-state index contributed by atoms with van der Waals surface area (Å²) in [5.41, 5.74) is 0.818. The van der Waals surface area contributed by atoms with Crippen molar-refractivity contribution < 1.29 is 18.1 Å². The fourth-order valence-electron chi connectivity index (χ4n) is 1.81. The van der Waals surface area contributed by atoms with Gasteiger partial charge < -0.3 is 0 Å². The van der Waals surface area contributed by atoms with Gasteiger partial charge in [0.25, 0.3) is 21.6 Å². The molecule has 0 radical (unpaired) electrons. The van der Waals surface area contributed by atoms with E-state index in [9.17, 15) is 23.3 Å². The number of rotatable bonds is 5. The van der Waals surface area contributed by atoms with Crippen LogP contribution in [0.3, 0.4) is 0 Å². The number of benzene rings is 1. The van der Waals surface area contributed by atoms with E-state index in [1.165, 1.54) is 19.9 Å². The van der Waals surface area contributed by atoms with E-state index in [-0.39, 0.29) is 16.2 Å². The molecule has 0 spiro atoms. The van der Waals surface area contributed by atoms with Gasteiger partial charge in [-0.1, -0.05) is 13.0 Å². The molecule has 0 heterocycles. The average molecular weight is 326 g/mol. The lowest BCUT2D eigenvalue weighted by molar-refractivity contribution is -0.385. The zero-order valence-corrected chi connectivity index (χ0v) is 13.7. The van der Waals surface area contributed by atoms with Gasteiger partial charge in [-0.05, 0) is 38.8 Å². The Hall–Kier alpha value is -2.22. The molecular formula is C14H18N2O5S. The van der Waals surface area contributed by atoms with Gasteiger partial charge in [0.15, 0.2) is 0 Å². The number of amides is 1. The van der Waals surface area contributed by atoms with E-state index in [0.717, 1.165) is 6.07 Å². The van der Waals surface area contributed by atoms with E-state index in [1.54, 1.807) is 13.0 Å². The number of aryl methyl sites for hydroxylation is 1. The van der Waals surface area contributed by atoms with Crippen molar-refractivity contribution >= 4 is 21.6 Å². The molecule has 0 aromatic heterocycles. The van der Waals surface area contributed by atoms with Gasteiger partial charge in [0.2, 0.25) is 0 Å². The Morgan fingerprint density at radius 2 is 1.95 bits per heavy atom. The SMILES string of the molecule is CCC=C(C)C(=O)NS(=O)(=O)c1cc(C)c(C)c([N+](=O)[O-])c1. The number of nitro benzene ring substituents is 1. The Morgan fingerprint density at radius 3 is 2.45 bits per heavy atom. The van der Waals surface area contributed by atoms with Crippen LogP contribution in [-0.4, -0.2) is 19.2 Å². The summed E-state index contributed by atoms with van der Waals surface area (Å²) >= 11 is 0. The third-order valence-corrected chi connectivity index (χ3v) is 4.53. The van der Waals surface area contributed by atoms with Gasteiger partial charge in [-0.3, -0.25) is 14.9 Å². The monoisotopic (exact) mass is 326 g/mol. The van der Waals surface area contributed by atoms with Crippen molar-refractivity contribution in [1.29, 1.82) is 0 Å². The standard InChI is InChI=1S/C14H18N2O5S/c1-5-6-9(2)14(17)15-22(20,21)12-7-10(3)11(4)13(8-12)16(18)19/h6-8H,5H2,1-4H3,(H,15,17). The van der Waals surface area contributed by atoms with Gasteiger partial charge in [0, 0.05) is 17.2 Å². The summed E-state index contributed by atoms with van der Waals surface area (Å²) in [6, 6.07) is 2.26. The van der Waals surface area contributed by atoms with Crippen LogP contribution in [0.25, 0.3) is 0 Å². The van der Waals surface area contributed by atoms with Crippen LogP contribution in [0.1, 0.15) is 31.4 Å². The van der Waals surface area contributed by atoms with Gasteiger partial charge in [-0.25, -0.2) is 13.1 Å². The molecule has 1 rings (SSSR count). The second-order valence-electron chi connectivity index (χ2n) is 4.87. The molecule has 1 amide bonds. The van der Waals surface area contributed by atoms with Crippen LogP contribution in [0.2, 0.25) is 0 Å². The number of sulfonamides is 1. The maximum atomic E-state index is 12.2. The Balaban J connectivity index is 3.27. The summed E-state index contributed by atoms with van der Waals surface area (Å²) < 4.78 is 26.3. The van der Waals surface area contributed by atoms with Crippen LogP contribution in [0, 0.1) is 24.0 Å². The fraction of sp³-hybridized carbons (Fsp3) is 0.357. The van der Waals surface area contributed by atoms with Crippen LogP contribution in [0.5, 0.6) is 0 Å². The maximum absolute atomic E-state index is 12.2. The summed E-state index contributed by atoms with van der Waals surface area (Å²) in [5.74, 6) is -0.747. The largest absolute Gasteiger partial charge is 0.273 e. The second-order valence-corrected chi connectivity index (χ2v) is 6.55. The number of carbonyl (C=O) groups excluding carboxylic acids is 1. The normalized spacial score (nSPS) is 12.1. The highest BCUT2D eigenvalue weighted by Gasteiger charge is 2.23. The first-order valence-electron chi connectivity index (χ1n) is 6.59. The highest BCUT2D eigenvalue weighted by atomic mass is 32.2. The number of nitrogens with zero attached hydrogens (tertiary/aromatic N) is 1. The van der Waals surface area contributed by atoms with E-state index < -0.39 is 20.9 Å². The number of nitro groups is 1. The lowest BCUT2D eigenvalue weighted by Crippen LogP contribution is -2.31. The number of hydrogen-bond donors (Lipinski definition) is 1.